The molecule has 0 radical (unpaired) electrons. The second-order valence-corrected chi connectivity index (χ2v) is 6.38. The summed E-state index contributed by atoms with van der Waals surface area (Å²) in [5.74, 6) is 0. The van der Waals surface area contributed by atoms with Crippen LogP contribution in [-0.2, 0) is 16.1 Å². The highest BCUT2D eigenvalue weighted by molar-refractivity contribution is 5.68. The molecule has 1 heterocycles. The fourth-order valence-corrected chi connectivity index (χ4v) is 3.26. The van der Waals surface area contributed by atoms with Crippen LogP contribution in [0.3, 0.4) is 0 Å². The van der Waals surface area contributed by atoms with Crippen molar-refractivity contribution in [3.05, 3.63) is 71.3 Å². The van der Waals surface area contributed by atoms with Gasteiger partial charge in [-0.25, -0.2) is 4.79 Å². The van der Waals surface area contributed by atoms with Gasteiger partial charge in [-0.15, -0.1) is 0 Å². The molecule has 3 rings (SSSR count). The molecular weight excluding hydrogens is 328 g/mol. The Bertz CT molecular complexity index is 768. The first-order valence-corrected chi connectivity index (χ1v) is 8.71. The predicted octanol–water partition coefficient (Wildman–Crippen LogP) is 4.05. The Morgan fingerprint density at radius 3 is 2.54 bits per heavy atom. The molecule has 134 valence electrons. The fraction of sp³-hybridized carbons (Fsp3) is 0.333. The zero-order valence-corrected chi connectivity index (χ0v) is 14.8. The number of methoxy groups -OCH3 is 1. The van der Waals surface area contributed by atoms with Crippen molar-refractivity contribution in [3.8, 4) is 6.07 Å². The summed E-state index contributed by atoms with van der Waals surface area (Å²) in [5.41, 5.74) is 2.57. The van der Waals surface area contributed by atoms with Crippen LogP contribution >= 0.6 is 0 Å². The van der Waals surface area contributed by atoms with Gasteiger partial charge >= 0.3 is 6.09 Å². The van der Waals surface area contributed by atoms with Crippen LogP contribution in [0.15, 0.2) is 54.6 Å². The largest absolute Gasteiger partial charge is 0.445 e. The molecule has 2 atom stereocenters. The van der Waals surface area contributed by atoms with Crippen molar-refractivity contribution >= 4 is 6.09 Å². The van der Waals surface area contributed by atoms with E-state index in [9.17, 15) is 4.79 Å². The second-order valence-electron chi connectivity index (χ2n) is 6.38. The lowest BCUT2D eigenvalue weighted by atomic mass is 9.93. The van der Waals surface area contributed by atoms with Gasteiger partial charge in [0.2, 0.25) is 0 Å². The van der Waals surface area contributed by atoms with E-state index in [4.69, 9.17) is 14.7 Å². The lowest BCUT2D eigenvalue weighted by Crippen LogP contribution is -2.45. The molecule has 0 aliphatic carbocycles. The Labute approximate surface area is 153 Å². The third kappa shape index (κ3) is 4.22. The van der Waals surface area contributed by atoms with E-state index in [0.717, 1.165) is 24.0 Å². The number of carbonyl (C=O) groups excluding carboxylic acids is 1. The van der Waals surface area contributed by atoms with Crippen molar-refractivity contribution < 1.29 is 14.3 Å². The second kappa shape index (κ2) is 8.50. The summed E-state index contributed by atoms with van der Waals surface area (Å²) in [6, 6.07) is 19.1. The molecule has 0 saturated carbocycles. The maximum Gasteiger partial charge on any atom is 0.410 e. The van der Waals surface area contributed by atoms with Gasteiger partial charge in [0.25, 0.3) is 0 Å². The van der Waals surface area contributed by atoms with E-state index >= 15 is 0 Å². The van der Waals surface area contributed by atoms with E-state index in [-0.39, 0.29) is 24.8 Å². The molecule has 1 aliphatic rings. The molecule has 1 amide bonds. The number of likely N-dealkylation sites (tertiary alicyclic amines) is 1. The molecule has 0 bridgehead atoms. The van der Waals surface area contributed by atoms with Gasteiger partial charge in [0.1, 0.15) is 6.61 Å². The highest BCUT2D eigenvalue weighted by atomic mass is 16.6. The average Bonchev–Trinajstić information content (AvgIpc) is 2.72. The zero-order chi connectivity index (χ0) is 18.4. The summed E-state index contributed by atoms with van der Waals surface area (Å²) < 4.78 is 11.0. The van der Waals surface area contributed by atoms with Gasteiger partial charge < -0.3 is 9.47 Å². The van der Waals surface area contributed by atoms with E-state index in [2.05, 4.69) is 6.07 Å². The maximum absolute atomic E-state index is 12.7. The lowest BCUT2D eigenvalue weighted by Gasteiger charge is -2.38. The van der Waals surface area contributed by atoms with Gasteiger partial charge in [-0.3, -0.25) is 4.90 Å². The molecular formula is C21H22N2O3. The van der Waals surface area contributed by atoms with Crippen LogP contribution in [0.25, 0.3) is 0 Å². The quantitative estimate of drug-likeness (QED) is 0.835. The van der Waals surface area contributed by atoms with Gasteiger partial charge in [0, 0.05) is 7.11 Å². The van der Waals surface area contributed by atoms with Crippen LogP contribution in [0.5, 0.6) is 0 Å². The molecule has 1 aliphatic heterocycles. The minimum absolute atomic E-state index is 0.00825. The summed E-state index contributed by atoms with van der Waals surface area (Å²) in [6.07, 6.45) is 1.34. The number of benzene rings is 2. The molecule has 5 heteroatoms. The Hall–Kier alpha value is -2.84. The number of piperidine rings is 1. The molecule has 0 N–H and O–H groups in total. The van der Waals surface area contributed by atoms with E-state index in [0.29, 0.717) is 12.1 Å². The van der Waals surface area contributed by atoms with Crippen molar-refractivity contribution in [2.45, 2.75) is 31.6 Å². The Morgan fingerprint density at radius 1 is 1.15 bits per heavy atom. The maximum atomic E-state index is 12.7. The number of carbonyl (C=O) groups is 1. The first kappa shape index (κ1) is 18.0. The van der Waals surface area contributed by atoms with Crippen molar-refractivity contribution in [2.24, 2.45) is 0 Å². The first-order valence-electron chi connectivity index (χ1n) is 8.71. The van der Waals surface area contributed by atoms with Crippen molar-refractivity contribution in [1.82, 2.24) is 4.90 Å². The lowest BCUT2D eigenvalue weighted by molar-refractivity contribution is -0.000640. The van der Waals surface area contributed by atoms with Crippen LogP contribution in [0.4, 0.5) is 4.79 Å². The highest BCUT2D eigenvalue weighted by Crippen LogP contribution is 2.32. The number of hydrogen-bond donors (Lipinski definition) is 0. The van der Waals surface area contributed by atoms with E-state index in [1.165, 1.54) is 0 Å². The molecule has 0 aromatic heterocycles. The third-order valence-corrected chi connectivity index (χ3v) is 4.74. The van der Waals surface area contributed by atoms with Crippen molar-refractivity contribution in [2.75, 3.05) is 13.7 Å². The zero-order valence-electron chi connectivity index (χ0n) is 14.8. The van der Waals surface area contributed by atoms with Gasteiger partial charge in [0.15, 0.2) is 0 Å². The van der Waals surface area contributed by atoms with Crippen molar-refractivity contribution in [1.29, 1.82) is 5.26 Å². The molecule has 2 aromatic rings. The normalized spacial score (nSPS) is 19.6. The van der Waals surface area contributed by atoms with Gasteiger partial charge in [0.05, 0.1) is 30.3 Å². The molecule has 26 heavy (non-hydrogen) atoms. The van der Waals surface area contributed by atoms with Gasteiger partial charge in [-0.05, 0) is 36.1 Å². The summed E-state index contributed by atoms with van der Waals surface area (Å²) in [7, 11) is 1.67. The van der Waals surface area contributed by atoms with Crippen LogP contribution in [0, 0.1) is 11.3 Å². The fourth-order valence-electron chi connectivity index (χ4n) is 3.26. The molecule has 0 spiro atoms. The SMILES string of the molecule is COC1CCC(c2ccc(C#N)cc2)N(C(=O)OCc2ccccc2)C1. The van der Waals surface area contributed by atoms with Gasteiger partial charge in [-0.2, -0.15) is 5.26 Å². The third-order valence-electron chi connectivity index (χ3n) is 4.74. The van der Waals surface area contributed by atoms with Crippen LogP contribution in [0.1, 0.15) is 35.6 Å². The molecule has 1 saturated heterocycles. The summed E-state index contributed by atoms with van der Waals surface area (Å²) in [5, 5.41) is 8.97. The smallest absolute Gasteiger partial charge is 0.410 e. The van der Waals surface area contributed by atoms with Crippen molar-refractivity contribution in [3.63, 3.8) is 0 Å². The number of nitrogens with zero attached hydrogens (tertiary/aromatic N) is 2. The van der Waals surface area contributed by atoms with Crippen LogP contribution < -0.4 is 0 Å². The van der Waals surface area contributed by atoms with E-state index < -0.39 is 0 Å². The Kier molecular flexibility index (Phi) is 5.88. The molecule has 2 aromatic carbocycles. The predicted molar refractivity (Wildman–Crippen MR) is 97.3 cm³/mol. The number of ether oxygens (including phenoxy) is 2. The summed E-state index contributed by atoms with van der Waals surface area (Å²) >= 11 is 0. The van der Waals surface area contributed by atoms with Crippen LogP contribution in [0.2, 0.25) is 0 Å². The molecule has 2 unspecified atom stereocenters. The number of hydrogen-bond acceptors (Lipinski definition) is 4. The summed E-state index contributed by atoms with van der Waals surface area (Å²) in [6.45, 7) is 0.739. The van der Waals surface area contributed by atoms with E-state index in [1.807, 2.05) is 42.5 Å². The van der Waals surface area contributed by atoms with Crippen LogP contribution in [-0.4, -0.2) is 30.8 Å². The molecule has 1 fully saturated rings. The topological polar surface area (TPSA) is 62.6 Å². The minimum atomic E-state index is -0.343. The minimum Gasteiger partial charge on any atom is -0.445 e. The van der Waals surface area contributed by atoms with Gasteiger partial charge in [-0.1, -0.05) is 42.5 Å². The average molecular weight is 350 g/mol. The van der Waals surface area contributed by atoms with E-state index in [1.54, 1.807) is 24.1 Å². The first-order chi connectivity index (χ1) is 12.7. The Morgan fingerprint density at radius 2 is 1.88 bits per heavy atom. The number of nitriles is 1. The highest BCUT2D eigenvalue weighted by Gasteiger charge is 2.33. The summed E-state index contributed by atoms with van der Waals surface area (Å²) in [4.78, 5) is 14.5. The monoisotopic (exact) mass is 350 g/mol. The Balaban J connectivity index is 1.74. The number of amides is 1. The standard InChI is InChI=1S/C21H22N2O3/c1-25-19-11-12-20(18-9-7-16(13-22)8-10-18)23(14-19)21(24)26-15-17-5-3-2-4-6-17/h2-10,19-20H,11-12,14-15H2,1H3. The number of rotatable bonds is 4. The molecule has 5 nitrogen and oxygen atoms in total.